The van der Waals surface area contributed by atoms with Crippen molar-refractivity contribution in [2.24, 2.45) is 5.92 Å². The van der Waals surface area contributed by atoms with E-state index < -0.39 is 0 Å². The lowest BCUT2D eigenvalue weighted by molar-refractivity contribution is 0.157. The summed E-state index contributed by atoms with van der Waals surface area (Å²) in [5.41, 5.74) is 0. The quantitative estimate of drug-likeness (QED) is 0.516. The fourth-order valence-corrected chi connectivity index (χ4v) is 1.84. The maximum Gasteiger partial charge on any atom is 0.0327 e. The zero-order valence-electron chi connectivity index (χ0n) is 7.51. The highest BCUT2D eigenvalue weighted by Gasteiger charge is 2.22. The monoisotopic (exact) mass is 151 g/mol. The fourth-order valence-electron chi connectivity index (χ4n) is 1.84. The number of hydrogen-bond acceptors (Lipinski definition) is 1. The van der Waals surface area contributed by atoms with Crippen LogP contribution in [0.2, 0.25) is 0 Å². The molecule has 1 heterocycles. The van der Waals surface area contributed by atoms with Crippen LogP contribution in [-0.4, -0.2) is 24.5 Å². The van der Waals surface area contributed by atoms with Gasteiger partial charge in [-0.25, -0.2) is 0 Å². The molecule has 1 aliphatic rings. The van der Waals surface area contributed by atoms with Crippen molar-refractivity contribution in [2.75, 3.05) is 13.6 Å². The molecule has 0 aromatic rings. The van der Waals surface area contributed by atoms with Crippen molar-refractivity contribution in [1.29, 1.82) is 0 Å². The Balaban J connectivity index is 2.48. The van der Waals surface area contributed by atoms with Crippen molar-refractivity contribution < 1.29 is 0 Å². The SMILES string of the molecule is C#CC(C)C1CCCCN1C. The smallest absolute Gasteiger partial charge is 0.0327 e. The first-order valence-electron chi connectivity index (χ1n) is 4.42. The number of nitrogens with zero attached hydrogens (tertiary/aromatic N) is 1. The Morgan fingerprint density at radius 2 is 2.27 bits per heavy atom. The molecule has 1 rings (SSSR count). The zero-order chi connectivity index (χ0) is 8.27. The second-order valence-electron chi connectivity index (χ2n) is 3.50. The third kappa shape index (κ3) is 1.97. The summed E-state index contributed by atoms with van der Waals surface area (Å²) in [6, 6.07) is 0.633. The minimum atomic E-state index is 0.417. The van der Waals surface area contributed by atoms with E-state index in [1.165, 1.54) is 25.8 Å². The second-order valence-corrected chi connectivity index (χ2v) is 3.50. The molecule has 0 N–H and O–H groups in total. The number of terminal acetylenes is 1. The van der Waals surface area contributed by atoms with Crippen molar-refractivity contribution in [2.45, 2.75) is 32.2 Å². The molecule has 0 spiro atoms. The molecule has 1 saturated heterocycles. The molecule has 2 atom stereocenters. The fraction of sp³-hybridized carbons (Fsp3) is 0.800. The molecule has 1 aliphatic heterocycles. The predicted octanol–water partition coefficient (Wildman–Crippen LogP) is 1.74. The van der Waals surface area contributed by atoms with Crippen molar-refractivity contribution in [3.8, 4) is 12.3 Å². The highest BCUT2D eigenvalue weighted by Crippen LogP contribution is 2.20. The summed E-state index contributed by atoms with van der Waals surface area (Å²) in [5, 5.41) is 0. The number of hydrogen-bond donors (Lipinski definition) is 0. The average Bonchev–Trinajstić information content (AvgIpc) is 2.04. The Morgan fingerprint density at radius 1 is 1.55 bits per heavy atom. The van der Waals surface area contributed by atoms with E-state index in [2.05, 4.69) is 24.8 Å². The van der Waals surface area contributed by atoms with E-state index in [-0.39, 0.29) is 0 Å². The number of likely N-dealkylation sites (tertiary alicyclic amines) is 1. The summed E-state index contributed by atoms with van der Waals surface area (Å²) in [6.07, 6.45) is 9.35. The number of rotatable bonds is 1. The van der Waals surface area contributed by atoms with Gasteiger partial charge in [0.05, 0.1) is 0 Å². The first-order chi connectivity index (χ1) is 5.25. The summed E-state index contributed by atoms with van der Waals surface area (Å²) in [6.45, 7) is 3.36. The van der Waals surface area contributed by atoms with Gasteiger partial charge in [0.25, 0.3) is 0 Å². The van der Waals surface area contributed by atoms with Gasteiger partial charge in [-0.3, -0.25) is 0 Å². The molecule has 1 nitrogen and oxygen atoms in total. The van der Waals surface area contributed by atoms with Crippen LogP contribution in [0.5, 0.6) is 0 Å². The van der Waals surface area contributed by atoms with Crippen LogP contribution in [0, 0.1) is 18.3 Å². The van der Waals surface area contributed by atoms with Gasteiger partial charge >= 0.3 is 0 Å². The van der Waals surface area contributed by atoms with Crippen molar-refractivity contribution in [3.63, 3.8) is 0 Å². The topological polar surface area (TPSA) is 3.24 Å². The molecule has 0 radical (unpaired) electrons. The van der Waals surface area contributed by atoms with Crippen LogP contribution in [0.4, 0.5) is 0 Å². The van der Waals surface area contributed by atoms with Crippen LogP contribution >= 0.6 is 0 Å². The van der Waals surface area contributed by atoms with Gasteiger partial charge in [0.15, 0.2) is 0 Å². The molecule has 1 heteroatoms. The van der Waals surface area contributed by atoms with Crippen LogP contribution in [0.15, 0.2) is 0 Å². The largest absolute Gasteiger partial charge is 0.302 e. The molecule has 1 fully saturated rings. The molecule has 0 bridgehead atoms. The first-order valence-corrected chi connectivity index (χ1v) is 4.42. The first kappa shape index (κ1) is 8.62. The molecule has 62 valence electrons. The third-order valence-electron chi connectivity index (χ3n) is 2.67. The Hall–Kier alpha value is -0.480. The maximum absolute atomic E-state index is 5.39. The Labute approximate surface area is 69.8 Å². The van der Waals surface area contributed by atoms with E-state index >= 15 is 0 Å². The average molecular weight is 151 g/mol. The molecule has 0 aliphatic carbocycles. The van der Waals surface area contributed by atoms with E-state index in [1.54, 1.807) is 0 Å². The van der Waals surface area contributed by atoms with E-state index in [9.17, 15) is 0 Å². The summed E-state index contributed by atoms with van der Waals surface area (Å²) in [4.78, 5) is 2.40. The normalized spacial score (nSPS) is 29.4. The highest BCUT2D eigenvalue weighted by atomic mass is 15.1. The third-order valence-corrected chi connectivity index (χ3v) is 2.67. The second kappa shape index (κ2) is 3.78. The van der Waals surface area contributed by atoms with Crippen molar-refractivity contribution in [1.82, 2.24) is 4.90 Å². The molecular formula is C10H17N. The van der Waals surface area contributed by atoms with E-state index in [0.717, 1.165) is 0 Å². The lowest BCUT2D eigenvalue weighted by Crippen LogP contribution is -2.40. The minimum Gasteiger partial charge on any atom is -0.302 e. The standard InChI is InChI=1S/C10H17N/c1-4-9(2)10-7-5-6-8-11(10)3/h1,9-10H,5-8H2,2-3H3. The Kier molecular flexibility index (Phi) is 2.96. The molecular weight excluding hydrogens is 134 g/mol. The predicted molar refractivity (Wildman–Crippen MR) is 48.3 cm³/mol. The van der Waals surface area contributed by atoms with Crippen LogP contribution in [0.25, 0.3) is 0 Å². The van der Waals surface area contributed by atoms with Gasteiger partial charge < -0.3 is 4.90 Å². The van der Waals surface area contributed by atoms with E-state index in [0.29, 0.717) is 12.0 Å². The Morgan fingerprint density at radius 3 is 2.82 bits per heavy atom. The zero-order valence-corrected chi connectivity index (χ0v) is 7.51. The lowest BCUT2D eigenvalue weighted by atomic mass is 9.93. The lowest BCUT2D eigenvalue weighted by Gasteiger charge is -2.34. The van der Waals surface area contributed by atoms with Crippen LogP contribution in [0.1, 0.15) is 26.2 Å². The summed E-state index contributed by atoms with van der Waals surface area (Å²) in [5.74, 6) is 3.24. The Bertz CT molecular complexity index is 157. The number of piperidine rings is 1. The van der Waals surface area contributed by atoms with Gasteiger partial charge in [0, 0.05) is 12.0 Å². The van der Waals surface area contributed by atoms with E-state index in [1.807, 2.05) is 0 Å². The van der Waals surface area contributed by atoms with Gasteiger partial charge in [0.1, 0.15) is 0 Å². The van der Waals surface area contributed by atoms with Crippen LogP contribution in [0.3, 0.4) is 0 Å². The molecule has 11 heavy (non-hydrogen) atoms. The maximum atomic E-state index is 5.39. The molecule has 0 saturated carbocycles. The van der Waals surface area contributed by atoms with Gasteiger partial charge in [-0.2, -0.15) is 0 Å². The van der Waals surface area contributed by atoms with Crippen LogP contribution < -0.4 is 0 Å². The molecule has 0 aromatic heterocycles. The van der Waals surface area contributed by atoms with Crippen molar-refractivity contribution >= 4 is 0 Å². The van der Waals surface area contributed by atoms with Crippen LogP contribution in [-0.2, 0) is 0 Å². The highest BCUT2D eigenvalue weighted by molar-refractivity contribution is 4.97. The van der Waals surface area contributed by atoms with Gasteiger partial charge in [-0.1, -0.05) is 6.42 Å². The van der Waals surface area contributed by atoms with E-state index in [4.69, 9.17) is 6.42 Å². The molecule has 2 unspecified atom stereocenters. The summed E-state index contributed by atoms with van der Waals surface area (Å²) < 4.78 is 0. The summed E-state index contributed by atoms with van der Waals surface area (Å²) >= 11 is 0. The molecule has 0 aromatic carbocycles. The van der Waals surface area contributed by atoms with Gasteiger partial charge in [-0.15, -0.1) is 12.3 Å². The van der Waals surface area contributed by atoms with Gasteiger partial charge in [0.2, 0.25) is 0 Å². The van der Waals surface area contributed by atoms with Gasteiger partial charge in [-0.05, 0) is 33.4 Å². The molecule has 0 amide bonds. The van der Waals surface area contributed by atoms with Crippen molar-refractivity contribution in [3.05, 3.63) is 0 Å². The minimum absolute atomic E-state index is 0.417. The summed E-state index contributed by atoms with van der Waals surface area (Å²) in [7, 11) is 2.18.